The standard InChI is InChI=1S/C31H36O8/c1-14-13-23(20(7)26(35-9)16(14)3)38-31(34)25-17(4)18(5)27(21(8)29(25)37-11)39-30(33)24-15(2)12-22(32)19(6)28(24)36-10/h12-13,32H,1-11H3. The molecule has 0 amide bonds. The van der Waals surface area contributed by atoms with Crippen molar-refractivity contribution in [1.29, 1.82) is 0 Å². The first-order valence-corrected chi connectivity index (χ1v) is 12.4. The number of carbonyl (C=O) groups excluding carboxylic acids is 2. The lowest BCUT2D eigenvalue weighted by Crippen LogP contribution is -2.18. The Bertz CT molecular complexity index is 1480. The third-order valence-electron chi connectivity index (χ3n) is 7.29. The molecule has 0 aliphatic carbocycles. The quantitative estimate of drug-likeness (QED) is 0.276. The van der Waals surface area contributed by atoms with E-state index < -0.39 is 11.9 Å². The maximum absolute atomic E-state index is 13.5. The van der Waals surface area contributed by atoms with Crippen molar-refractivity contribution in [3.63, 3.8) is 0 Å². The first-order valence-electron chi connectivity index (χ1n) is 12.4. The summed E-state index contributed by atoms with van der Waals surface area (Å²) in [6.07, 6.45) is 0. The number of phenolic OH excluding ortho intramolecular Hbond substituents is 1. The number of methoxy groups -OCH3 is 3. The van der Waals surface area contributed by atoms with Crippen LogP contribution in [0.25, 0.3) is 0 Å². The average molecular weight is 537 g/mol. The van der Waals surface area contributed by atoms with Gasteiger partial charge in [-0.3, -0.25) is 0 Å². The SMILES string of the molecule is COc1c(C)c(C)cc(OC(=O)c2c(C)c(C)c(OC(=O)c3c(C)cc(O)c(C)c3OC)c(C)c2OC)c1C. The van der Waals surface area contributed by atoms with Gasteiger partial charge in [-0.25, -0.2) is 9.59 Å². The predicted molar refractivity (Wildman–Crippen MR) is 148 cm³/mol. The summed E-state index contributed by atoms with van der Waals surface area (Å²) in [6.45, 7) is 14.3. The highest BCUT2D eigenvalue weighted by Crippen LogP contribution is 2.41. The molecule has 3 rings (SSSR count). The Morgan fingerprint density at radius 3 is 1.64 bits per heavy atom. The van der Waals surface area contributed by atoms with Crippen LogP contribution < -0.4 is 23.7 Å². The fourth-order valence-corrected chi connectivity index (χ4v) is 4.82. The van der Waals surface area contributed by atoms with Crippen molar-refractivity contribution in [2.75, 3.05) is 21.3 Å². The summed E-state index contributed by atoms with van der Waals surface area (Å²) in [6, 6.07) is 3.29. The fourth-order valence-electron chi connectivity index (χ4n) is 4.82. The zero-order valence-electron chi connectivity index (χ0n) is 24.5. The van der Waals surface area contributed by atoms with E-state index in [0.717, 1.165) is 11.1 Å². The van der Waals surface area contributed by atoms with E-state index in [-0.39, 0.29) is 34.1 Å². The van der Waals surface area contributed by atoms with Gasteiger partial charge >= 0.3 is 11.9 Å². The molecule has 0 aliphatic rings. The molecule has 0 aliphatic heterocycles. The second kappa shape index (κ2) is 11.3. The highest BCUT2D eigenvalue weighted by Gasteiger charge is 2.29. The summed E-state index contributed by atoms with van der Waals surface area (Å²) in [5.41, 5.74) is 5.54. The van der Waals surface area contributed by atoms with Crippen LogP contribution in [0.5, 0.6) is 34.5 Å². The molecule has 0 bridgehead atoms. The Morgan fingerprint density at radius 2 is 1.08 bits per heavy atom. The molecule has 208 valence electrons. The van der Waals surface area contributed by atoms with E-state index in [2.05, 4.69) is 0 Å². The van der Waals surface area contributed by atoms with Gasteiger partial charge in [-0.05, 0) is 95.3 Å². The van der Waals surface area contributed by atoms with Gasteiger partial charge in [0.15, 0.2) is 0 Å². The van der Waals surface area contributed by atoms with Crippen LogP contribution in [0.2, 0.25) is 0 Å². The van der Waals surface area contributed by atoms with Crippen molar-refractivity contribution in [3.05, 3.63) is 67.8 Å². The van der Waals surface area contributed by atoms with Crippen LogP contribution >= 0.6 is 0 Å². The second-order valence-corrected chi connectivity index (χ2v) is 9.61. The van der Waals surface area contributed by atoms with Crippen LogP contribution in [0.15, 0.2) is 12.1 Å². The monoisotopic (exact) mass is 536 g/mol. The van der Waals surface area contributed by atoms with Gasteiger partial charge in [0.1, 0.15) is 45.6 Å². The van der Waals surface area contributed by atoms with Gasteiger partial charge in [-0.1, -0.05) is 0 Å². The molecule has 0 saturated carbocycles. The molecule has 0 atom stereocenters. The molecule has 39 heavy (non-hydrogen) atoms. The molecule has 8 nitrogen and oxygen atoms in total. The number of aromatic hydroxyl groups is 1. The zero-order valence-corrected chi connectivity index (χ0v) is 24.5. The number of hydrogen-bond acceptors (Lipinski definition) is 8. The minimum atomic E-state index is -0.659. The second-order valence-electron chi connectivity index (χ2n) is 9.61. The van der Waals surface area contributed by atoms with Gasteiger partial charge in [0.05, 0.1) is 21.3 Å². The Kier molecular flexibility index (Phi) is 8.48. The molecular weight excluding hydrogens is 500 g/mol. The van der Waals surface area contributed by atoms with Crippen LogP contribution in [0.3, 0.4) is 0 Å². The van der Waals surface area contributed by atoms with Crippen molar-refractivity contribution in [1.82, 2.24) is 0 Å². The van der Waals surface area contributed by atoms with Crippen LogP contribution in [-0.4, -0.2) is 38.4 Å². The normalized spacial score (nSPS) is 10.7. The van der Waals surface area contributed by atoms with Gasteiger partial charge in [-0.15, -0.1) is 0 Å². The van der Waals surface area contributed by atoms with E-state index in [1.807, 2.05) is 20.8 Å². The molecule has 8 heteroatoms. The number of ether oxygens (including phenoxy) is 5. The largest absolute Gasteiger partial charge is 0.508 e. The van der Waals surface area contributed by atoms with Gasteiger partial charge in [0.2, 0.25) is 0 Å². The van der Waals surface area contributed by atoms with Gasteiger partial charge in [-0.2, -0.15) is 0 Å². The lowest BCUT2D eigenvalue weighted by Gasteiger charge is -2.21. The maximum Gasteiger partial charge on any atom is 0.347 e. The highest BCUT2D eigenvalue weighted by molar-refractivity contribution is 5.99. The van der Waals surface area contributed by atoms with E-state index >= 15 is 0 Å². The summed E-state index contributed by atoms with van der Waals surface area (Å²) in [5.74, 6) is 0.541. The van der Waals surface area contributed by atoms with E-state index in [4.69, 9.17) is 23.7 Å². The van der Waals surface area contributed by atoms with Gasteiger partial charge < -0.3 is 28.8 Å². The summed E-state index contributed by atoms with van der Waals surface area (Å²) >= 11 is 0. The molecule has 0 aromatic heterocycles. The first kappa shape index (κ1) is 29.4. The summed E-state index contributed by atoms with van der Waals surface area (Å²) < 4.78 is 28.3. The molecule has 0 unspecified atom stereocenters. The van der Waals surface area contributed by atoms with Crippen molar-refractivity contribution in [2.24, 2.45) is 0 Å². The van der Waals surface area contributed by atoms with Crippen LogP contribution in [-0.2, 0) is 0 Å². The van der Waals surface area contributed by atoms with Crippen molar-refractivity contribution < 1.29 is 38.4 Å². The summed E-state index contributed by atoms with van der Waals surface area (Å²) in [5, 5.41) is 10.2. The Balaban J connectivity index is 2.09. The number of aryl methyl sites for hydroxylation is 2. The smallest absolute Gasteiger partial charge is 0.347 e. The van der Waals surface area contributed by atoms with Gasteiger partial charge in [0.25, 0.3) is 0 Å². The van der Waals surface area contributed by atoms with Crippen LogP contribution in [0.1, 0.15) is 65.2 Å². The van der Waals surface area contributed by atoms with E-state index in [1.54, 1.807) is 47.8 Å². The number of esters is 2. The minimum absolute atomic E-state index is 0.0188. The number of benzene rings is 3. The molecule has 3 aromatic carbocycles. The summed E-state index contributed by atoms with van der Waals surface area (Å²) in [7, 11) is 4.45. The Morgan fingerprint density at radius 1 is 0.538 bits per heavy atom. The lowest BCUT2D eigenvalue weighted by molar-refractivity contribution is 0.0725. The van der Waals surface area contributed by atoms with E-state index in [9.17, 15) is 14.7 Å². The molecule has 1 N–H and O–H groups in total. The molecular formula is C31H36O8. The molecule has 0 fully saturated rings. The molecule has 0 saturated heterocycles. The molecule has 3 aromatic rings. The van der Waals surface area contributed by atoms with Crippen molar-refractivity contribution in [3.8, 4) is 34.5 Å². The van der Waals surface area contributed by atoms with E-state index in [0.29, 0.717) is 44.9 Å². The number of carbonyl (C=O) groups is 2. The maximum atomic E-state index is 13.5. The van der Waals surface area contributed by atoms with Crippen molar-refractivity contribution >= 4 is 11.9 Å². The average Bonchev–Trinajstić information content (AvgIpc) is 2.89. The van der Waals surface area contributed by atoms with Gasteiger partial charge in [0, 0.05) is 16.7 Å². The van der Waals surface area contributed by atoms with Crippen LogP contribution in [0.4, 0.5) is 0 Å². The number of hydrogen-bond donors (Lipinski definition) is 1. The number of rotatable bonds is 7. The predicted octanol–water partition coefficient (Wildman–Crippen LogP) is 6.32. The lowest BCUT2D eigenvalue weighted by atomic mass is 9.96. The van der Waals surface area contributed by atoms with E-state index in [1.165, 1.54) is 20.3 Å². The third-order valence-corrected chi connectivity index (χ3v) is 7.29. The highest BCUT2D eigenvalue weighted by atomic mass is 16.5. The molecule has 0 radical (unpaired) electrons. The molecule has 0 spiro atoms. The first-order chi connectivity index (χ1) is 18.3. The Hall–Kier alpha value is -4.20. The third kappa shape index (κ3) is 5.11. The number of phenols is 1. The summed E-state index contributed by atoms with van der Waals surface area (Å²) in [4.78, 5) is 26.9. The van der Waals surface area contributed by atoms with Crippen molar-refractivity contribution in [2.45, 2.75) is 55.4 Å². The fraction of sp³-hybridized carbons (Fsp3) is 0.355. The Labute approximate surface area is 229 Å². The topological polar surface area (TPSA) is 101 Å². The zero-order chi connectivity index (χ0) is 29.3. The molecule has 0 heterocycles. The van der Waals surface area contributed by atoms with Crippen LogP contribution in [0, 0.1) is 55.4 Å². The minimum Gasteiger partial charge on any atom is -0.508 e.